The molecule has 2 aromatic rings. The van der Waals surface area contributed by atoms with Crippen molar-refractivity contribution in [3.63, 3.8) is 0 Å². The molecule has 2 heteroatoms. The highest BCUT2D eigenvalue weighted by atomic mass is 14.9. The third-order valence-electron chi connectivity index (χ3n) is 3.45. The van der Waals surface area contributed by atoms with E-state index in [0.717, 1.165) is 11.2 Å². The number of rotatable bonds is 5. The second-order valence-corrected chi connectivity index (χ2v) is 4.89. The van der Waals surface area contributed by atoms with Gasteiger partial charge in [-0.1, -0.05) is 31.9 Å². The van der Waals surface area contributed by atoms with E-state index in [0.29, 0.717) is 6.04 Å². The smallest absolute Gasteiger partial charge is 0.0705 e. The minimum absolute atomic E-state index is 0.454. The highest BCUT2D eigenvalue weighted by Gasteiger charge is 2.09. The Balaban J connectivity index is 2.30. The first-order valence-corrected chi connectivity index (χ1v) is 6.79. The second kappa shape index (κ2) is 5.96. The Kier molecular flexibility index (Phi) is 4.32. The van der Waals surface area contributed by atoms with E-state index in [1.54, 1.807) is 0 Å². The highest BCUT2D eigenvalue weighted by Crippen LogP contribution is 2.23. The van der Waals surface area contributed by atoms with Crippen LogP contribution in [0.2, 0.25) is 0 Å². The Morgan fingerprint density at radius 1 is 1.22 bits per heavy atom. The van der Waals surface area contributed by atoms with E-state index in [9.17, 15) is 0 Å². The van der Waals surface area contributed by atoms with E-state index in [-0.39, 0.29) is 0 Å². The molecule has 1 heterocycles. The zero-order chi connectivity index (χ0) is 13.0. The summed E-state index contributed by atoms with van der Waals surface area (Å²) in [6.07, 6.45) is 3.69. The third-order valence-corrected chi connectivity index (χ3v) is 3.45. The van der Waals surface area contributed by atoms with Crippen LogP contribution in [0.5, 0.6) is 0 Å². The van der Waals surface area contributed by atoms with Gasteiger partial charge in [-0.2, -0.15) is 0 Å². The van der Waals surface area contributed by atoms with Gasteiger partial charge in [-0.15, -0.1) is 0 Å². The lowest BCUT2D eigenvalue weighted by Gasteiger charge is -2.16. The number of benzene rings is 1. The SMILES string of the molecule is CCCCC(NC)c1ccc2nc(C)ccc2c1. The van der Waals surface area contributed by atoms with Crippen molar-refractivity contribution in [2.75, 3.05) is 7.05 Å². The Morgan fingerprint density at radius 3 is 2.78 bits per heavy atom. The van der Waals surface area contributed by atoms with Crippen molar-refractivity contribution in [2.45, 2.75) is 39.2 Å². The normalized spacial score (nSPS) is 12.8. The van der Waals surface area contributed by atoms with E-state index < -0.39 is 0 Å². The maximum atomic E-state index is 4.54. The van der Waals surface area contributed by atoms with E-state index >= 15 is 0 Å². The summed E-state index contributed by atoms with van der Waals surface area (Å²) in [7, 11) is 2.04. The zero-order valence-corrected chi connectivity index (χ0v) is 11.5. The van der Waals surface area contributed by atoms with Gasteiger partial charge in [0, 0.05) is 17.1 Å². The first kappa shape index (κ1) is 13.0. The Labute approximate surface area is 109 Å². The number of aryl methyl sites for hydroxylation is 1. The van der Waals surface area contributed by atoms with Crippen LogP contribution >= 0.6 is 0 Å². The van der Waals surface area contributed by atoms with Crippen molar-refractivity contribution in [1.82, 2.24) is 10.3 Å². The fourth-order valence-corrected chi connectivity index (χ4v) is 2.35. The van der Waals surface area contributed by atoms with Crippen molar-refractivity contribution in [3.05, 3.63) is 41.6 Å². The molecule has 2 rings (SSSR count). The molecule has 2 nitrogen and oxygen atoms in total. The highest BCUT2D eigenvalue weighted by molar-refractivity contribution is 5.79. The summed E-state index contributed by atoms with van der Waals surface area (Å²) < 4.78 is 0. The van der Waals surface area contributed by atoms with Gasteiger partial charge in [0.05, 0.1) is 5.52 Å². The molecule has 0 radical (unpaired) electrons. The average molecular weight is 242 g/mol. The van der Waals surface area contributed by atoms with Crippen LogP contribution in [-0.2, 0) is 0 Å². The molecular weight excluding hydrogens is 220 g/mol. The molecule has 0 aliphatic heterocycles. The lowest BCUT2D eigenvalue weighted by Crippen LogP contribution is -2.16. The molecule has 1 aromatic heterocycles. The predicted molar refractivity (Wildman–Crippen MR) is 77.8 cm³/mol. The van der Waals surface area contributed by atoms with Crippen LogP contribution in [0.4, 0.5) is 0 Å². The first-order valence-electron chi connectivity index (χ1n) is 6.79. The Bertz CT molecular complexity index is 519. The van der Waals surface area contributed by atoms with Crippen molar-refractivity contribution >= 4 is 10.9 Å². The minimum atomic E-state index is 0.454. The molecule has 18 heavy (non-hydrogen) atoms. The average Bonchev–Trinajstić information content (AvgIpc) is 2.39. The van der Waals surface area contributed by atoms with Gasteiger partial charge in [-0.25, -0.2) is 0 Å². The van der Waals surface area contributed by atoms with Gasteiger partial charge in [-0.05, 0) is 44.2 Å². The van der Waals surface area contributed by atoms with Gasteiger partial charge >= 0.3 is 0 Å². The molecule has 96 valence electrons. The number of nitrogens with zero attached hydrogens (tertiary/aromatic N) is 1. The van der Waals surface area contributed by atoms with Gasteiger partial charge in [0.25, 0.3) is 0 Å². The molecule has 1 unspecified atom stereocenters. The molecule has 1 N–H and O–H groups in total. The summed E-state index contributed by atoms with van der Waals surface area (Å²) in [6, 6.07) is 11.3. The molecule has 0 bridgehead atoms. The topological polar surface area (TPSA) is 24.9 Å². The summed E-state index contributed by atoms with van der Waals surface area (Å²) in [4.78, 5) is 4.54. The monoisotopic (exact) mass is 242 g/mol. The van der Waals surface area contributed by atoms with E-state index in [4.69, 9.17) is 0 Å². The molecule has 0 fully saturated rings. The number of hydrogen-bond donors (Lipinski definition) is 1. The van der Waals surface area contributed by atoms with Crippen LogP contribution in [0.1, 0.15) is 43.5 Å². The maximum absolute atomic E-state index is 4.54. The van der Waals surface area contributed by atoms with Gasteiger partial charge < -0.3 is 5.32 Å². The molecule has 0 spiro atoms. The molecule has 0 saturated heterocycles. The van der Waals surface area contributed by atoms with E-state index in [1.165, 1.54) is 30.2 Å². The standard InChI is InChI=1S/C16H22N2/c1-4-5-6-15(17-3)13-9-10-16-14(11-13)8-7-12(2)18-16/h7-11,15,17H,4-6H2,1-3H3. The molecule has 0 aliphatic rings. The predicted octanol–water partition coefficient (Wildman–Crippen LogP) is 3.99. The quantitative estimate of drug-likeness (QED) is 0.857. The number of pyridine rings is 1. The molecule has 0 aliphatic carbocycles. The second-order valence-electron chi connectivity index (χ2n) is 4.89. The van der Waals surface area contributed by atoms with Gasteiger partial charge in [0.2, 0.25) is 0 Å². The van der Waals surface area contributed by atoms with Crippen molar-refractivity contribution < 1.29 is 0 Å². The minimum Gasteiger partial charge on any atom is -0.313 e. The number of unbranched alkanes of at least 4 members (excludes halogenated alkanes) is 1. The van der Waals surface area contributed by atoms with Crippen molar-refractivity contribution in [3.8, 4) is 0 Å². The maximum Gasteiger partial charge on any atom is 0.0705 e. The summed E-state index contributed by atoms with van der Waals surface area (Å²) in [6.45, 7) is 4.27. The number of hydrogen-bond acceptors (Lipinski definition) is 2. The van der Waals surface area contributed by atoms with Crippen LogP contribution in [-0.4, -0.2) is 12.0 Å². The van der Waals surface area contributed by atoms with Crippen LogP contribution in [0.15, 0.2) is 30.3 Å². The van der Waals surface area contributed by atoms with Gasteiger partial charge in [-0.3, -0.25) is 4.98 Å². The van der Waals surface area contributed by atoms with Crippen LogP contribution < -0.4 is 5.32 Å². The molecule has 1 aromatic carbocycles. The van der Waals surface area contributed by atoms with E-state index in [1.807, 2.05) is 14.0 Å². The van der Waals surface area contributed by atoms with Crippen LogP contribution in [0.25, 0.3) is 10.9 Å². The Hall–Kier alpha value is -1.41. The third kappa shape index (κ3) is 2.88. The zero-order valence-electron chi connectivity index (χ0n) is 11.5. The van der Waals surface area contributed by atoms with Crippen molar-refractivity contribution in [1.29, 1.82) is 0 Å². The van der Waals surface area contributed by atoms with Crippen molar-refractivity contribution in [2.24, 2.45) is 0 Å². The van der Waals surface area contributed by atoms with E-state index in [2.05, 4.69) is 47.6 Å². The summed E-state index contributed by atoms with van der Waals surface area (Å²) >= 11 is 0. The molecule has 1 atom stereocenters. The summed E-state index contributed by atoms with van der Waals surface area (Å²) in [5.41, 5.74) is 3.53. The largest absolute Gasteiger partial charge is 0.313 e. The lowest BCUT2D eigenvalue weighted by molar-refractivity contribution is 0.523. The molecular formula is C16H22N2. The van der Waals surface area contributed by atoms with Crippen LogP contribution in [0.3, 0.4) is 0 Å². The number of aromatic nitrogens is 1. The lowest BCUT2D eigenvalue weighted by atomic mass is 9.99. The summed E-state index contributed by atoms with van der Waals surface area (Å²) in [5.74, 6) is 0. The first-order chi connectivity index (χ1) is 8.74. The van der Waals surface area contributed by atoms with Gasteiger partial charge in [0.15, 0.2) is 0 Å². The molecule has 0 saturated carbocycles. The number of nitrogens with one attached hydrogen (secondary N) is 1. The Morgan fingerprint density at radius 2 is 2.06 bits per heavy atom. The number of fused-ring (bicyclic) bond motifs is 1. The fraction of sp³-hybridized carbons (Fsp3) is 0.438. The molecule has 0 amide bonds. The summed E-state index contributed by atoms with van der Waals surface area (Å²) in [5, 5.41) is 4.64. The van der Waals surface area contributed by atoms with Gasteiger partial charge in [0.1, 0.15) is 0 Å². The fourth-order valence-electron chi connectivity index (χ4n) is 2.35. The van der Waals surface area contributed by atoms with Crippen LogP contribution in [0, 0.1) is 6.92 Å².